The molecular weight excluding hydrogens is 265 g/mol. The Morgan fingerprint density at radius 2 is 2.07 bits per heavy atom. The van der Waals surface area contributed by atoms with E-state index in [1.807, 2.05) is 0 Å². The third-order valence-electron chi connectivity index (χ3n) is 2.17. The normalized spacial score (nSPS) is 15.0. The zero-order valence-electron chi connectivity index (χ0n) is 8.03. The minimum atomic E-state index is -1.05. The first-order chi connectivity index (χ1) is 7.10. The Hall–Kier alpha value is -0.490. The molecule has 0 bridgehead atoms. The van der Waals surface area contributed by atoms with Crippen molar-refractivity contribution in [2.45, 2.75) is 18.8 Å². The van der Waals surface area contributed by atoms with Gasteiger partial charge in [-0.15, -0.1) is 0 Å². The van der Waals surface area contributed by atoms with Crippen LogP contribution in [-0.2, 0) is 6.54 Å². The third kappa shape index (κ3) is 2.98. The lowest BCUT2D eigenvalue weighted by Crippen LogP contribution is -2.21. The number of rotatable bonds is 4. The van der Waals surface area contributed by atoms with Crippen molar-refractivity contribution >= 4 is 15.9 Å². The summed E-state index contributed by atoms with van der Waals surface area (Å²) in [7, 11) is 0. The summed E-state index contributed by atoms with van der Waals surface area (Å²) in [6.45, 7) is 0.124. The number of hydrogen-bond donors (Lipinski definition) is 3. The minimum absolute atomic E-state index is 0.124. The summed E-state index contributed by atoms with van der Waals surface area (Å²) in [6, 6.07) is 3.94. The van der Waals surface area contributed by atoms with Crippen molar-refractivity contribution in [2.75, 3.05) is 5.33 Å². The van der Waals surface area contributed by atoms with Crippen LogP contribution < -0.4 is 5.73 Å². The second-order valence-corrected chi connectivity index (χ2v) is 3.86. The summed E-state index contributed by atoms with van der Waals surface area (Å²) in [4.78, 5) is 0. The first-order valence-corrected chi connectivity index (χ1v) is 5.62. The highest BCUT2D eigenvalue weighted by atomic mass is 79.9. The summed E-state index contributed by atoms with van der Waals surface area (Å²) in [5.41, 5.74) is 6.39. The topological polar surface area (TPSA) is 66.5 Å². The van der Waals surface area contributed by atoms with Crippen molar-refractivity contribution in [1.82, 2.24) is 0 Å². The van der Waals surface area contributed by atoms with Gasteiger partial charge in [0.1, 0.15) is 11.9 Å². The molecule has 0 radical (unpaired) electrons. The van der Waals surface area contributed by atoms with Crippen molar-refractivity contribution in [2.24, 2.45) is 5.73 Å². The van der Waals surface area contributed by atoms with E-state index in [4.69, 9.17) is 5.73 Å². The molecule has 2 unspecified atom stereocenters. The molecule has 1 aromatic carbocycles. The molecule has 0 aliphatic carbocycles. The largest absolute Gasteiger partial charge is 0.389 e. The van der Waals surface area contributed by atoms with E-state index >= 15 is 0 Å². The van der Waals surface area contributed by atoms with Crippen LogP contribution in [0.2, 0.25) is 0 Å². The van der Waals surface area contributed by atoms with Crippen LogP contribution in [0.25, 0.3) is 0 Å². The molecule has 0 fully saturated rings. The van der Waals surface area contributed by atoms with E-state index in [9.17, 15) is 14.6 Å². The molecule has 1 aromatic rings. The lowest BCUT2D eigenvalue weighted by molar-refractivity contribution is 0.0337. The van der Waals surface area contributed by atoms with Gasteiger partial charge in [-0.25, -0.2) is 4.39 Å². The van der Waals surface area contributed by atoms with Gasteiger partial charge in [0.05, 0.1) is 6.10 Å². The van der Waals surface area contributed by atoms with Gasteiger partial charge in [-0.3, -0.25) is 0 Å². The maximum absolute atomic E-state index is 12.9. The number of halogens is 2. The van der Waals surface area contributed by atoms with Crippen LogP contribution in [-0.4, -0.2) is 21.6 Å². The molecule has 0 saturated carbocycles. The molecule has 0 spiro atoms. The number of nitrogens with two attached hydrogens (primary N) is 1. The zero-order chi connectivity index (χ0) is 11.4. The Morgan fingerprint density at radius 3 is 2.60 bits per heavy atom. The van der Waals surface area contributed by atoms with E-state index in [1.54, 1.807) is 0 Å². The molecule has 0 saturated heterocycles. The van der Waals surface area contributed by atoms with E-state index in [1.165, 1.54) is 18.2 Å². The van der Waals surface area contributed by atoms with Crippen molar-refractivity contribution in [3.05, 3.63) is 35.1 Å². The smallest absolute Gasteiger partial charge is 0.123 e. The highest BCUT2D eigenvalue weighted by molar-refractivity contribution is 9.09. The monoisotopic (exact) mass is 277 g/mol. The first kappa shape index (κ1) is 12.6. The van der Waals surface area contributed by atoms with E-state index in [0.29, 0.717) is 11.1 Å². The van der Waals surface area contributed by atoms with Crippen molar-refractivity contribution < 1.29 is 14.6 Å². The van der Waals surface area contributed by atoms with E-state index in [0.717, 1.165) is 0 Å². The van der Waals surface area contributed by atoms with Gasteiger partial charge in [-0.1, -0.05) is 22.0 Å². The molecule has 4 N–H and O–H groups in total. The Kier molecular flexibility index (Phi) is 4.66. The predicted octanol–water partition coefficient (Wildman–Crippen LogP) is 1.07. The number of aliphatic hydroxyl groups excluding tert-OH is 2. The van der Waals surface area contributed by atoms with E-state index in [-0.39, 0.29) is 11.9 Å². The summed E-state index contributed by atoms with van der Waals surface area (Å²) in [5, 5.41) is 19.4. The first-order valence-electron chi connectivity index (χ1n) is 4.50. The highest BCUT2D eigenvalue weighted by Crippen LogP contribution is 2.22. The van der Waals surface area contributed by atoms with Crippen molar-refractivity contribution in [1.29, 1.82) is 0 Å². The second kappa shape index (κ2) is 5.55. The van der Waals surface area contributed by atoms with Crippen LogP contribution in [0.5, 0.6) is 0 Å². The van der Waals surface area contributed by atoms with Gasteiger partial charge in [-0.2, -0.15) is 0 Å². The summed E-state index contributed by atoms with van der Waals surface area (Å²) in [6.07, 6.45) is -1.98. The fourth-order valence-corrected chi connectivity index (χ4v) is 1.69. The molecule has 0 aliphatic rings. The van der Waals surface area contributed by atoms with E-state index < -0.39 is 18.0 Å². The number of alkyl halides is 1. The fraction of sp³-hybridized carbons (Fsp3) is 0.400. The molecule has 0 amide bonds. The molecular formula is C10H13BrFNO2. The van der Waals surface area contributed by atoms with Crippen LogP contribution in [0.4, 0.5) is 4.39 Å². The van der Waals surface area contributed by atoms with Crippen molar-refractivity contribution in [3.8, 4) is 0 Å². The Bertz CT molecular complexity index is 335. The maximum atomic E-state index is 12.9. The molecule has 1 rings (SSSR count). The molecule has 2 atom stereocenters. The quantitative estimate of drug-likeness (QED) is 0.722. The fourth-order valence-electron chi connectivity index (χ4n) is 1.33. The number of aliphatic hydroxyl groups is 2. The van der Waals surface area contributed by atoms with Gasteiger partial charge in [0.25, 0.3) is 0 Å². The lowest BCUT2D eigenvalue weighted by Gasteiger charge is -2.18. The van der Waals surface area contributed by atoms with Crippen LogP contribution in [0.1, 0.15) is 17.2 Å². The Balaban J connectivity index is 3.02. The Morgan fingerprint density at radius 1 is 1.40 bits per heavy atom. The van der Waals surface area contributed by atoms with Gasteiger partial charge in [0.2, 0.25) is 0 Å². The average Bonchev–Trinajstić information content (AvgIpc) is 2.26. The molecule has 0 heterocycles. The third-order valence-corrected chi connectivity index (χ3v) is 2.83. The van der Waals surface area contributed by atoms with Gasteiger partial charge < -0.3 is 15.9 Å². The average molecular weight is 278 g/mol. The van der Waals surface area contributed by atoms with Gasteiger partial charge in [-0.05, 0) is 23.3 Å². The van der Waals surface area contributed by atoms with Gasteiger partial charge in [0.15, 0.2) is 0 Å². The number of benzene rings is 1. The maximum Gasteiger partial charge on any atom is 0.123 e. The van der Waals surface area contributed by atoms with Gasteiger partial charge in [0, 0.05) is 11.9 Å². The molecule has 15 heavy (non-hydrogen) atoms. The molecule has 5 heteroatoms. The SMILES string of the molecule is NCc1cc(F)ccc1C(O)C(O)CBr. The lowest BCUT2D eigenvalue weighted by atomic mass is 9.99. The predicted molar refractivity (Wildman–Crippen MR) is 59.1 cm³/mol. The van der Waals surface area contributed by atoms with Gasteiger partial charge >= 0.3 is 0 Å². The standard InChI is InChI=1S/C10H13BrFNO2/c11-4-9(14)10(15)8-2-1-7(12)3-6(8)5-13/h1-3,9-10,14-15H,4-5,13H2. The van der Waals surface area contributed by atoms with E-state index in [2.05, 4.69) is 15.9 Å². The molecule has 0 aliphatic heterocycles. The van der Waals surface area contributed by atoms with Crippen LogP contribution >= 0.6 is 15.9 Å². The minimum Gasteiger partial charge on any atom is -0.389 e. The van der Waals surface area contributed by atoms with Crippen LogP contribution in [0, 0.1) is 5.82 Å². The van der Waals surface area contributed by atoms with Crippen LogP contribution in [0.3, 0.4) is 0 Å². The molecule has 0 aromatic heterocycles. The molecule has 84 valence electrons. The van der Waals surface area contributed by atoms with Crippen LogP contribution in [0.15, 0.2) is 18.2 Å². The summed E-state index contributed by atoms with van der Waals surface area (Å²) < 4.78 is 12.9. The number of hydrogen-bond acceptors (Lipinski definition) is 3. The summed E-state index contributed by atoms with van der Waals surface area (Å²) >= 11 is 3.06. The highest BCUT2D eigenvalue weighted by Gasteiger charge is 2.19. The Labute approximate surface area is 95.9 Å². The summed E-state index contributed by atoms with van der Waals surface area (Å²) in [5.74, 6) is -0.403. The second-order valence-electron chi connectivity index (χ2n) is 3.21. The van der Waals surface area contributed by atoms with Crippen molar-refractivity contribution in [3.63, 3.8) is 0 Å². The molecule has 3 nitrogen and oxygen atoms in total. The zero-order valence-corrected chi connectivity index (χ0v) is 9.61.